The monoisotopic (exact) mass is 279 g/mol. The first-order chi connectivity index (χ1) is 9.63. The van der Waals surface area contributed by atoms with E-state index >= 15 is 0 Å². The predicted molar refractivity (Wildman–Crippen MR) is 68.8 cm³/mol. The summed E-state index contributed by atoms with van der Waals surface area (Å²) in [6, 6.07) is 3.13. The van der Waals surface area contributed by atoms with Gasteiger partial charge in [-0.05, 0) is 18.2 Å². The van der Waals surface area contributed by atoms with Gasteiger partial charge in [0.2, 0.25) is 0 Å². The van der Waals surface area contributed by atoms with E-state index in [2.05, 4.69) is 4.98 Å². The Bertz CT molecular complexity index is 614. The van der Waals surface area contributed by atoms with Gasteiger partial charge in [-0.2, -0.15) is 0 Å². The molecule has 20 heavy (non-hydrogen) atoms. The Balaban J connectivity index is 1.71. The lowest BCUT2D eigenvalue weighted by atomic mass is 10.1. The lowest BCUT2D eigenvalue weighted by molar-refractivity contribution is 0.0935. The molecule has 0 saturated heterocycles. The normalized spacial score (nSPS) is 16.9. The van der Waals surface area contributed by atoms with E-state index in [1.165, 1.54) is 0 Å². The van der Waals surface area contributed by atoms with Crippen molar-refractivity contribution in [2.75, 3.05) is 13.1 Å². The first kappa shape index (κ1) is 13.2. The molecule has 1 aliphatic rings. The largest absolute Gasteiger partial charge is 0.387 e. The number of hydrogen-bond acceptors (Lipinski definition) is 3. The predicted octanol–water partition coefficient (Wildman–Crippen LogP) is 1.71. The van der Waals surface area contributed by atoms with Crippen LogP contribution in [0.25, 0.3) is 0 Å². The van der Waals surface area contributed by atoms with Gasteiger partial charge in [0.15, 0.2) is 0 Å². The molecular formula is C14H15F2N3O. The van der Waals surface area contributed by atoms with E-state index < -0.39 is 17.7 Å². The molecule has 1 N–H and O–H groups in total. The van der Waals surface area contributed by atoms with Crippen LogP contribution < -0.4 is 0 Å². The van der Waals surface area contributed by atoms with Crippen molar-refractivity contribution in [3.8, 4) is 0 Å². The Hall–Kier alpha value is -1.79. The van der Waals surface area contributed by atoms with Gasteiger partial charge in [0.05, 0.1) is 12.6 Å². The Morgan fingerprint density at radius 1 is 1.30 bits per heavy atom. The summed E-state index contributed by atoms with van der Waals surface area (Å²) in [5.74, 6) is -0.213. The Kier molecular flexibility index (Phi) is 3.50. The van der Waals surface area contributed by atoms with Gasteiger partial charge >= 0.3 is 0 Å². The molecule has 0 saturated carbocycles. The van der Waals surface area contributed by atoms with Crippen molar-refractivity contribution in [1.29, 1.82) is 0 Å². The molecular weight excluding hydrogens is 264 g/mol. The molecule has 1 aromatic heterocycles. The molecule has 1 aliphatic heterocycles. The number of nitrogens with zero attached hydrogens (tertiary/aromatic N) is 3. The molecule has 2 aromatic rings. The molecule has 0 bridgehead atoms. The van der Waals surface area contributed by atoms with Gasteiger partial charge in [-0.1, -0.05) is 0 Å². The standard InChI is InChI=1S/C14H15F2N3O/c15-10-1-2-12(16)11(7-10)13(20)8-18-5-6-19-4-3-17-14(19)9-18/h1-4,7,13,20H,5-6,8-9H2. The number of halogens is 2. The average molecular weight is 279 g/mol. The molecule has 1 atom stereocenters. The summed E-state index contributed by atoms with van der Waals surface area (Å²) in [5, 5.41) is 10.1. The lowest BCUT2D eigenvalue weighted by Crippen LogP contribution is -2.36. The molecule has 0 amide bonds. The molecule has 4 nitrogen and oxygen atoms in total. The Morgan fingerprint density at radius 2 is 2.15 bits per heavy atom. The van der Waals surface area contributed by atoms with E-state index in [9.17, 15) is 13.9 Å². The molecule has 0 spiro atoms. The number of hydrogen-bond donors (Lipinski definition) is 1. The summed E-state index contributed by atoms with van der Waals surface area (Å²) in [6.07, 6.45) is 2.60. The summed E-state index contributed by atoms with van der Waals surface area (Å²) < 4.78 is 28.8. The number of benzene rings is 1. The van der Waals surface area contributed by atoms with Crippen molar-refractivity contribution < 1.29 is 13.9 Å². The van der Waals surface area contributed by atoms with Crippen molar-refractivity contribution in [3.63, 3.8) is 0 Å². The highest BCUT2D eigenvalue weighted by Gasteiger charge is 2.21. The third-order valence-electron chi connectivity index (χ3n) is 3.57. The van der Waals surface area contributed by atoms with Crippen LogP contribution in [-0.4, -0.2) is 32.6 Å². The molecule has 1 unspecified atom stereocenters. The average Bonchev–Trinajstić information content (AvgIpc) is 2.89. The third-order valence-corrected chi connectivity index (χ3v) is 3.57. The van der Waals surface area contributed by atoms with Crippen LogP contribution in [0, 0.1) is 11.6 Å². The highest BCUT2D eigenvalue weighted by Crippen LogP contribution is 2.21. The topological polar surface area (TPSA) is 41.3 Å². The van der Waals surface area contributed by atoms with Gasteiger partial charge in [0, 0.05) is 37.6 Å². The minimum absolute atomic E-state index is 0.00100. The SMILES string of the molecule is OC(CN1CCn2ccnc2C1)c1cc(F)ccc1F. The van der Waals surface area contributed by atoms with E-state index in [0.717, 1.165) is 37.1 Å². The third kappa shape index (κ3) is 2.57. The van der Waals surface area contributed by atoms with E-state index in [1.54, 1.807) is 6.20 Å². The maximum Gasteiger partial charge on any atom is 0.129 e. The van der Waals surface area contributed by atoms with E-state index in [-0.39, 0.29) is 12.1 Å². The molecule has 2 heterocycles. The maximum atomic E-state index is 13.6. The molecule has 3 rings (SSSR count). The van der Waals surface area contributed by atoms with Crippen LogP contribution in [-0.2, 0) is 13.1 Å². The fraction of sp³-hybridized carbons (Fsp3) is 0.357. The number of fused-ring (bicyclic) bond motifs is 1. The summed E-state index contributed by atoms with van der Waals surface area (Å²) >= 11 is 0. The number of imidazole rings is 1. The van der Waals surface area contributed by atoms with Crippen LogP contribution in [0.15, 0.2) is 30.6 Å². The van der Waals surface area contributed by atoms with Crippen LogP contribution in [0.2, 0.25) is 0 Å². The highest BCUT2D eigenvalue weighted by molar-refractivity contribution is 5.21. The fourth-order valence-corrected chi connectivity index (χ4v) is 2.49. The minimum atomic E-state index is -1.05. The molecule has 6 heteroatoms. The van der Waals surface area contributed by atoms with Crippen molar-refractivity contribution in [1.82, 2.24) is 14.5 Å². The van der Waals surface area contributed by atoms with Gasteiger partial charge in [0.25, 0.3) is 0 Å². The first-order valence-corrected chi connectivity index (χ1v) is 6.49. The van der Waals surface area contributed by atoms with Gasteiger partial charge < -0.3 is 9.67 Å². The van der Waals surface area contributed by atoms with Gasteiger partial charge in [-0.15, -0.1) is 0 Å². The Morgan fingerprint density at radius 3 is 3.00 bits per heavy atom. The van der Waals surface area contributed by atoms with Gasteiger partial charge in [-0.25, -0.2) is 13.8 Å². The van der Waals surface area contributed by atoms with Gasteiger partial charge in [0.1, 0.15) is 17.5 Å². The molecule has 0 fully saturated rings. The highest BCUT2D eigenvalue weighted by atomic mass is 19.1. The smallest absolute Gasteiger partial charge is 0.129 e. The zero-order valence-electron chi connectivity index (χ0n) is 10.8. The molecule has 0 radical (unpaired) electrons. The number of rotatable bonds is 3. The lowest BCUT2D eigenvalue weighted by Gasteiger charge is -2.29. The first-order valence-electron chi connectivity index (χ1n) is 6.49. The fourth-order valence-electron chi connectivity index (χ4n) is 2.49. The van der Waals surface area contributed by atoms with E-state index in [4.69, 9.17) is 0 Å². The van der Waals surface area contributed by atoms with Crippen molar-refractivity contribution >= 4 is 0 Å². The zero-order valence-corrected chi connectivity index (χ0v) is 10.8. The summed E-state index contributed by atoms with van der Waals surface area (Å²) in [5.41, 5.74) is -0.00100. The van der Waals surface area contributed by atoms with Gasteiger partial charge in [-0.3, -0.25) is 4.90 Å². The van der Waals surface area contributed by atoms with Crippen LogP contribution in [0.4, 0.5) is 8.78 Å². The van der Waals surface area contributed by atoms with E-state index in [1.807, 2.05) is 15.7 Å². The summed E-state index contributed by atoms with van der Waals surface area (Å²) in [4.78, 5) is 6.21. The number of aliphatic hydroxyl groups excluding tert-OH is 1. The van der Waals surface area contributed by atoms with E-state index in [0.29, 0.717) is 6.54 Å². The van der Waals surface area contributed by atoms with Crippen molar-refractivity contribution in [3.05, 3.63) is 53.6 Å². The maximum absolute atomic E-state index is 13.6. The summed E-state index contributed by atoms with van der Waals surface area (Å²) in [6.45, 7) is 2.39. The number of aromatic nitrogens is 2. The summed E-state index contributed by atoms with van der Waals surface area (Å²) in [7, 11) is 0. The van der Waals surface area contributed by atoms with Crippen molar-refractivity contribution in [2.45, 2.75) is 19.2 Å². The second-order valence-electron chi connectivity index (χ2n) is 4.95. The molecule has 106 valence electrons. The Labute approximate surface area is 115 Å². The quantitative estimate of drug-likeness (QED) is 0.930. The second-order valence-corrected chi connectivity index (χ2v) is 4.95. The molecule has 0 aliphatic carbocycles. The van der Waals surface area contributed by atoms with Crippen LogP contribution in [0.5, 0.6) is 0 Å². The van der Waals surface area contributed by atoms with Crippen LogP contribution in [0.3, 0.4) is 0 Å². The zero-order chi connectivity index (χ0) is 14.1. The minimum Gasteiger partial charge on any atom is -0.387 e. The number of aliphatic hydroxyl groups is 1. The molecule has 1 aromatic carbocycles. The second kappa shape index (κ2) is 5.30. The van der Waals surface area contributed by atoms with Crippen LogP contribution >= 0.6 is 0 Å². The number of β-amino-alcohol motifs (C(OH)–C–C–N with tert-alkyl or cyclic N) is 1. The van der Waals surface area contributed by atoms with Crippen LogP contribution in [0.1, 0.15) is 17.5 Å². The van der Waals surface area contributed by atoms with Crippen molar-refractivity contribution in [2.24, 2.45) is 0 Å².